The number of carbonyl (C=O) groups is 1. The largest absolute Gasteiger partial charge is 0.478 e. The summed E-state index contributed by atoms with van der Waals surface area (Å²) >= 11 is 0. The molecule has 0 unspecified atom stereocenters. The van der Waals surface area contributed by atoms with Gasteiger partial charge in [-0.3, -0.25) is 0 Å². The van der Waals surface area contributed by atoms with Crippen LogP contribution in [0.25, 0.3) is 0 Å². The first-order chi connectivity index (χ1) is 9.60. The van der Waals surface area contributed by atoms with E-state index >= 15 is 0 Å². The van der Waals surface area contributed by atoms with Crippen LogP contribution < -0.4 is 4.90 Å². The monoisotopic (exact) mass is 278 g/mol. The lowest BCUT2D eigenvalue weighted by molar-refractivity contribution is -0.161. The smallest absolute Gasteiger partial charge is 0.337 e. The molecule has 0 amide bonds. The zero-order valence-corrected chi connectivity index (χ0v) is 11.5. The molecule has 3 heterocycles. The number of pyridine rings is 1. The second-order valence-electron chi connectivity index (χ2n) is 5.30. The van der Waals surface area contributed by atoms with Crippen molar-refractivity contribution in [2.75, 3.05) is 31.2 Å². The van der Waals surface area contributed by atoms with Gasteiger partial charge in [-0.1, -0.05) is 0 Å². The highest BCUT2D eigenvalue weighted by Gasteiger charge is 2.41. The van der Waals surface area contributed by atoms with Crippen LogP contribution in [0.4, 0.5) is 5.82 Å². The molecule has 0 saturated carbocycles. The third-order valence-electron chi connectivity index (χ3n) is 3.83. The second kappa shape index (κ2) is 5.03. The zero-order valence-electron chi connectivity index (χ0n) is 11.5. The van der Waals surface area contributed by atoms with Gasteiger partial charge in [-0.05, 0) is 25.0 Å². The molecule has 0 radical (unpaired) electrons. The number of ether oxygens (including phenoxy) is 2. The third kappa shape index (κ3) is 2.36. The Morgan fingerprint density at radius 2 is 2.20 bits per heavy atom. The molecule has 108 valence electrons. The summed E-state index contributed by atoms with van der Waals surface area (Å²) in [6.07, 6.45) is 3.28. The van der Waals surface area contributed by atoms with Crippen LogP contribution in [-0.4, -0.2) is 48.2 Å². The summed E-state index contributed by atoms with van der Waals surface area (Å²) in [6.45, 7) is 4.69. The number of aromatic carboxylic acids is 1. The minimum absolute atomic E-state index is 0.214. The van der Waals surface area contributed by atoms with E-state index in [1.807, 2.05) is 6.92 Å². The Balaban J connectivity index is 1.83. The molecule has 0 atom stereocenters. The number of carboxylic acids is 1. The van der Waals surface area contributed by atoms with Gasteiger partial charge in [0.2, 0.25) is 0 Å². The minimum atomic E-state index is -0.954. The van der Waals surface area contributed by atoms with E-state index < -0.39 is 11.8 Å². The summed E-state index contributed by atoms with van der Waals surface area (Å²) in [5.41, 5.74) is 1.08. The van der Waals surface area contributed by atoms with Gasteiger partial charge in [0.15, 0.2) is 5.79 Å². The highest BCUT2D eigenvalue weighted by molar-refractivity contribution is 5.87. The predicted molar refractivity (Wildman–Crippen MR) is 72.0 cm³/mol. The highest BCUT2D eigenvalue weighted by Crippen LogP contribution is 2.32. The van der Waals surface area contributed by atoms with E-state index in [1.54, 1.807) is 6.07 Å². The molecule has 2 aliphatic heterocycles. The maximum absolute atomic E-state index is 11.0. The van der Waals surface area contributed by atoms with Crippen molar-refractivity contribution in [3.05, 3.63) is 23.4 Å². The third-order valence-corrected chi connectivity index (χ3v) is 3.83. The lowest BCUT2D eigenvalue weighted by atomic mass is 10.0. The molecule has 0 aliphatic carbocycles. The number of aromatic nitrogens is 1. The fourth-order valence-corrected chi connectivity index (χ4v) is 2.92. The first-order valence-electron chi connectivity index (χ1n) is 6.82. The van der Waals surface area contributed by atoms with Crippen molar-refractivity contribution in [2.45, 2.75) is 25.6 Å². The highest BCUT2D eigenvalue weighted by atomic mass is 16.7. The molecule has 1 spiro atoms. The van der Waals surface area contributed by atoms with Crippen LogP contribution in [0, 0.1) is 6.92 Å². The topological polar surface area (TPSA) is 71.9 Å². The zero-order chi connectivity index (χ0) is 14.2. The summed E-state index contributed by atoms with van der Waals surface area (Å²) in [4.78, 5) is 17.4. The van der Waals surface area contributed by atoms with Crippen LogP contribution in [0.2, 0.25) is 0 Å². The number of hydrogen-bond acceptors (Lipinski definition) is 5. The summed E-state index contributed by atoms with van der Waals surface area (Å²) in [6, 6.07) is 1.66. The van der Waals surface area contributed by atoms with E-state index in [9.17, 15) is 4.79 Å². The minimum Gasteiger partial charge on any atom is -0.478 e. The molecule has 1 N–H and O–H groups in total. The van der Waals surface area contributed by atoms with Crippen molar-refractivity contribution in [2.24, 2.45) is 0 Å². The molecule has 0 aromatic carbocycles. The first kappa shape index (κ1) is 13.3. The van der Waals surface area contributed by atoms with Crippen molar-refractivity contribution in [1.82, 2.24) is 4.98 Å². The van der Waals surface area contributed by atoms with Gasteiger partial charge in [-0.15, -0.1) is 0 Å². The molecule has 2 aliphatic rings. The number of hydrogen-bond donors (Lipinski definition) is 1. The van der Waals surface area contributed by atoms with E-state index in [0.29, 0.717) is 19.8 Å². The first-order valence-corrected chi connectivity index (χ1v) is 6.82. The van der Waals surface area contributed by atoms with Gasteiger partial charge in [0.05, 0.1) is 25.3 Å². The average Bonchev–Trinajstić information content (AvgIpc) is 2.86. The van der Waals surface area contributed by atoms with Gasteiger partial charge in [0, 0.05) is 19.2 Å². The maximum Gasteiger partial charge on any atom is 0.337 e. The molecule has 6 nitrogen and oxygen atoms in total. The predicted octanol–water partition coefficient (Wildman–Crippen LogP) is 1.43. The van der Waals surface area contributed by atoms with Crippen LogP contribution in [0.5, 0.6) is 0 Å². The van der Waals surface area contributed by atoms with Crippen molar-refractivity contribution in [3.63, 3.8) is 0 Å². The molecule has 1 aromatic heterocycles. The quantitative estimate of drug-likeness (QED) is 0.882. The number of carboxylic acid groups (broad SMARTS) is 1. The molecule has 6 heteroatoms. The van der Waals surface area contributed by atoms with Crippen molar-refractivity contribution in [3.8, 4) is 0 Å². The van der Waals surface area contributed by atoms with Crippen molar-refractivity contribution < 1.29 is 19.4 Å². The Morgan fingerprint density at radius 3 is 2.85 bits per heavy atom. The summed E-state index contributed by atoms with van der Waals surface area (Å²) in [5.74, 6) is -0.643. The number of rotatable bonds is 2. The molecule has 3 rings (SSSR count). The van der Waals surface area contributed by atoms with Crippen LogP contribution in [0.3, 0.4) is 0 Å². The fraction of sp³-hybridized carbons (Fsp3) is 0.571. The Bertz CT molecular complexity index is 526. The van der Waals surface area contributed by atoms with Gasteiger partial charge < -0.3 is 19.5 Å². The second-order valence-corrected chi connectivity index (χ2v) is 5.30. The number of aryl methyl sites for hydroxylation is 1. The molecule has 0 bridgehead atoms. The SMILES string of the molecule is Cc1cc(C(=O)O)cnc1N1CCCC2(C1)OCCO2. The van der Waals surface area contributed by atoms with Gasteiger partial charge in [-0.2, -0.15) is 0 Å². The van der Waals surface area contributed by atoms with Crippen LogP contribution >= 0.6 is 0 Å². The number of anilines is 1. The van der Waals surface area contributed by atoms with Crippen LogP contribution in [0.15, 0.2) is 12.3 Å². The molecule has 2 fully saturated rings. The summed E-state index contributed by atoms with van der Waals surface area (Å²) in [5, 5.41) is 8.98. The van der Waals surface area contributed by atoms with E-state index in [1.165, 1.54) is 6.20 Å². The fourth-order valence-electron chi connectivity index (χ4n) is 2.92. The Kier molecular flexibility index (Phi) is 3.35. The van der Waals surface area contributed by atoms with E-state index in [-0.39, 0.29) is 5.56 Å². The van der Waals surface area contributed by atoms with E-state index in [2.05, 4.69) is 9.88 Å². The van der Waals surface area contributed by atoms with Gasteiger partial charge in [0.1, 0.15) is 5.82 Å². The lowest BCUT2D eigenvalue weighted by Gasteiger charge is -2.39. The standard InChI is InChI=1S/C14H18N2O4/c1-10-7-11(13(17)18)8-15-12(10)16-4-2-3-14(9-16)19-5-6-20-14/h7-8H,2-6,9H2,1H3,(H,17,18). The lowest BCUT2D eigenvalue weighted by Crippen LogP contribution is -2.49. The van der Waals surface area contributed by atoms with Crippen LogP contribution in [-0.2, 0) is 9.47 Å². The normalized spacial score (nSPS) is 21.4. The Labute approximate surface area is 117 Å². The molecular weight excluding hydrogens is 260 g/mol. The number of nitrogens with zero attached hydrogens (tertiary/aromatic N) is 2. The van der Waals surface area contributed by atoms with Crippen molar-refractivity contribution in [1.29, 1.82) is 0 Å². The Hall–Kier alpha value is -1.66. The molecule has 1 aromatic rings. The van der Waals surface area contributed by atoms with E-state index in [0.717, 1.165) is 30.8 Å². The van der Waals surface area contributed by atoms with Crippen molar-refractivity contribution >= 4 is 11.8 Å². The van der Waals surface area contributed by atoms with Gasteiger partial charge in [0.25, 0.3) is 0 Å². The summed E-state index contributed by atoms with van der Waals surface area (Å²) < 4.78 is 11.5. The summed E-state index contributed by atoms with van der Waals surface area (Å²) in [7, 11) is 0. The average molecular weight is 278 g/mol. The maximum atomic E-state index is 11.0. The van der Waals surface area contributed by atoms with Gasteiger partial charge >= 0.3 is 5.97 Å². The van der Waals surface area contributed by atoms with Crippen LogP contribution in [0.1, 0.15) is 28.8 Å². The van der Waals surface area contributed by atoms with Gasteiger partial charge in [-0.25, -0.2) is 9.78 Å². The van der Waals surface area contributed by atoms with E-state index in [4.69, 9.17) is 14.6 Å². The molecular formula is C14H18N2O4. The molecule has 2 saturated heterocycles. The Morgan fingerprint density at radius 1 is 1.45 bits per heavy atom. The molecule has 20 heavy (non-hydrogen) atoms. The number of piperidine rings is 1.